The first-order valence-electron chi connectivity index (χ1n) is 12.1. The van der Waals surface area contributed by atoms with Crippen molar-refractivity contribution >= 4 is 33.5 Å². The van der Waals surface area contributed by atoms with E-state index < -0.39 is 23.9 Å². The average molecular weight is 499 g/mol. The molecule has 2 aromatic carbocycles. The summed E-state index contributed by atoms with van der Waals surface area (Å²) in [4.78, 5) is 20.2. The number of aryl methyl sites for hydroxylation is 1. The quantitative estimate of drug-likeness (QED) is 0.414. The van der Waals surface area contributed by atoms with E-state index in [4.69, 9.17) is 0 Å². The highest BCUT2D eigenvalue weighted by molar-refractivity contribution is 6.08. The molecule has 9 heteroatoms. The number of hydrogen-bond acceptors (Lipinski definition) is 5. The first-order valence-corrected chi connectivity index (χ1v) is 12.1. The molecule has 2 fully saturated rings. The van der Waals surface area contributed by atoms with Gasteiger partial charge in [0.15, 0.2) is 0 Å². The second-order valence-corrected chi connectivity index (χ2v) is 9.90. The molecule has 37 heavy (non-hydrogen) atoms. The Balaban J connectivity index is 1.58. The maximum Gasteiger partial charge on any atom is 0.245 e. The van der Waals surface area contributed by atoms with Crippen LogP contribution in [0.2, 0.25) is 0 Å². The van der Waals surface area contributed by atoms with Crippen LogP contribution < -0.4 is 4.90 Å². The zero-order chi connectivity index (χ0) is 25.9. The molecule has 0 radical (unpaired) electrons. The average Bonchev–Trinajstić information content (AvgIpc) is 3.51. The molecule has 6 rings (SSSR count). The molecule has 4 heterocycles. The lowest BCUT2D eigenvalue weighted by Crippen LogP contribution is -2.63. The molecule has 1 unspecified atom stereocenters. The normalized spacial score (nSPS) is 18.4. The molecular weight excluding hydrogens is 474 g/mol. The molecule has 1 amide bonds. The number of amides is 1. The van der Waals surface area contributed by atoms with Crippen LogP contribution >= 0.6 is 0 Å². The van der Waals surface area contributed by atoms with E-state index in [1.807, 2.05) is 19.1 Å². The number of anilines is 1. The van der Waals surface area contributed by atoms with Crippen LogP contribution in [0.15, 0.2) is 49.2 Å². The number of para-hydroxylation sites is 1. The van der Waals surface area contributed by atoms with Crippen molar-refractivity contribution in [1.29, 1.82) is 5.26 Å². The monoisotopic (exact) mass is 498 g/mol. The van der Waals surface area contributed by atoms with E-state index >= 15 is 4.39 Å². The van der Waals surface area contributed by atoms with Crippen LogP contribution in [0.5, 0.6) is 0 Å². The summed E-state index contributed by atoms with van der Waals surface area (Å²) in [5.41, 5.74) is 2.94. The van der Waals surface area contributed by atoms with Crippen LogP contribution in [0.4, 0.5) is 14.6 Å². The molecule has 0 aliphatic carbocycles. The Morgan fingerprint density at radius 2 is 2.11 bits per heavy atom. The number of carbonyl (C=O) groups is 1. The van der Waals surface area contributed by atoms with Gasteiger partial charge in [-0.15, -0.1) is 0 Å². The SMILES string of the molecule is C=CC(=O)N1CC2(CCN(c3nc4c(F)cccc4c(-c4c(C)ccc5[nH]ncc45)c3C#N)C2CF)C1. The van der Waals surface area contributed by atoms with Crippen LogP contribution in [-0.4, -0.2) is 58.3 Å². The van der Waals surface area contributed by atoms with Crippen molar-refractivity contribution in [2.75, 3.05) is 31.2 Å². The summed E-state index contributed by atoms with van der Waals surface area (Å²) in [5.74, 6) is -0.432. The number of aromatic amines is 1. The second kappa shape index (κ2) is 8.37. The number of rotatable bonds is 4. The fourth-order valence-corrected chi connectivity index (χ4v) is 6.14. The van der Waals surface area contributed by atoms with Crippen LogP contribution in [0.25, 0.3) is 32.9 Å². The van der Waals surface area contributed by atoms with Crippen molar-refractivity contribution in [3.63, 3.8) is 0 Å². The molecule has 2 aliphatic heterocycles. The Morgan fingerprint density at radius 1 is 1.30 bits per heavy atom. The first-order chi connectivity index (χ1) is 17.9. The zero-order valence-corrected chi connectivity index (χ0v) is 20.3. The largest absolute Gasteiger partial charge is 0.349 e. The van der Waals surface area contributed by atoms with E-state index in [0.29, 0.717) is 37.0 Å². The van der Waals surface area contributed by atoms with Gasteiger partial charge in [0, 0.05) is 41.4 Å². The number of fused-ring (bicyclic) bond motifs is 2. The molecule has 2 saturated heterocycles. The highest BCUT2D eigenvalue weighted by Gasteiger charge is 2.56. The van der Waals surface area contributed by atoms with Gasteiger partial charge >= 0.3 is 0 Å². The number of pyridine rings is 1. The van der Waals surface area contributed by atoms with Crippen LogP contribution in [0.1, 0.15) is 17.5 Å². The number of halogens is 2. The van der Waals surface area contributed by atoms with E-state index in [1.165, 1.54) is 12.1 Å². The number of aromatic nitrogens is 3. The van der Waals surface area contributed by atoms with Gasteiger partial charge in [-0.05, 0) is 42.7 Å². The molecule has 2 aromatic heterocycles. The number of benzene rings is 2. The highest BCUT2D eigenvalue weighted by Crippen LogP contribution is 2.49. The Hall–Kier alpha value is -4.32. The molecule has 1 atom stereocenters. The number of hydrogen-bond donors (Lipinski definition) is 1. The lowest BCUT2D eigenvalue weighted by atomic mass is 9.73. The van der Waals surface area contributed by atoms with Crippen molar-refractivity contribution in [2.24, 2.45) is 5.41 Å². The molecule has 1 spiro atoms. The van der Waals surface area contributed by atoms with Crippen molar-refractivity contribution in [1.82, 2.24) is 20.1 Å². The molecule has 0 bridgehead atoms. The van der Waals surface area contributed by atoms with Crippen molar-refractivity contribution < 1.29 is 13.6 Å². The van der Waals surface area contributed by atoms with Gasteiger partial charge in [0.2, 0.25) is 5.91 Å². The minimum absolute atomic E-state index is 0.127. The van der Waals surface area contributed by atoms with Gasteiger partial charge in [-0.1, -0.05) is 24.8 Å². The third kappa shape index (κ3) is 3.25. The fraction of sp³-hybridized carbons (Fsp3) is 0.286. The maximum atomic E-state index is 15.2. The number of nitriles is 1. The predicted molar refractivity (Wildman–Crippen MR) is 137 cm³/mol. The summed E-state index contributed by atoms with van der Waals surface area (Å²) < 4.78 is 29.9. The summed E-state index contributed by atoms with van der Waals surface area (Å²) in [6, 6.07) is 10.3. The van der Waals surface area contributed by atoms with Gasteiger partial charge < -0.3 is 9.80 Å². The molecule has 186 valence electrons. The van der Waals surface area contributed by atoms with Gasteiger partial charge in [-0.2, -0.15) is 10.4 Å². The van der Waals surface area contributed by atoms with E-state index in [1.54, 1.807) is 28.1 Å². The lowest BCUT2D eigenvalue weighted by molar-refractivity contribution is -0.138. The van der Waals surface area contributed by atoms with Gasteiger partial charge in [-0.3, -0.25) is 9.89 Å². The van der Waals surface area contributed by atoms with Gasteiger partial charge in [0.1, 0.15) is 35.5 Å². The summed E-state index contributed by atoms with van der Waals surface area (Å²) >= 11 is 0. The number of carbonyl (C=O) groups excluding carboxylic acids is 1. The standard InChI is InChI=1S/C28H24F2N6O/c1-3-23(37)35-14-28(15-35)9-10-36(22(28)11-29)27-18(12-31)25(17-5-4-6-20(30)26(17)33-27)24-16(2)7-8-21-19(24)13-32-34-21/h3-8,13,22H,1,9-11,14-15H2,2H3,(H,32,34). The molecule has 7 nitrogen and oxygen atoms in total. The number of likely N-dealkylation sites (tertiary alicyclic amines) is 1. The van der Waals surface area contributed by atoms with Crippen molar-refractivity contribution in [3.05, 3.63) is 66.1 Å². The predicted octanol–water partition coefficient (Wildman–Crippen LogP) is 4.66. The van der Waals surface area contributed by atoms with E-state index in [-0.39, 0.29) is 22.8 Å². The van der Waals surface area contributed by atoms with Gasteiger partial charge in [0.25, 0.3) is 0 Å². The maximum absolute atomic E-state index is 15.2. The van der Waals surface area contributed by atoms with Gasteiger partial charge in [0.05, 0.1) is 17.8 Å². The third-order valence-corrected chi connectivity index (χ3v) is 7.99. The third-order valence-electron chi connectivity index (χ3n) is 7.99. The van der Waals surface area contributed by atoms with Crippen LogP contribution in [0, 0.1) is 29.5 Å². The van der Waals surface area contributed by atoms with Crippen molar-refractivity contribution in [3.8, 4) is 17.2 Å². The summed E-state index contributed by atoms with van der Waals surface area (Å²) in [6.07, 6.45) is 3.59. The number of nitrogens with one attached hydrogen (secondary N) is 1. The smallest absolute Gasteiger partial charge is 0.245 e. The minimum atomic E-state index is -0.677. The summed E-state index contributed by atoms with van der Waals surface area (Å²) in [5, 5.41) is 18.9. The zero-order valence-electron chi connectivity index (χ0n) is 20.3. The fourth-order valence-electron chi connectivity index (χ4n) is 6.14. The molecule has 0 saturated carbocycles. The molecule has 4 aromatic rings. The van der Waals surface area contributed by atoms with E-state index in [2.05, 4.69) is 27.8 Å². The van der Waals surface area contributed by atoms with E-state index in [0.717, 1.165) is 22.0 Å². The number of nitrogens with zero attached hydrogens (tertiary/aromatic N) is 5. The van der Waals surface area contributed by atoms with Crippen LogP contribution in [-0.2, 0) is 4.79 Å². The highest BCUT2D eigenvalue weighted by atomic mass is 19.1. The Bertz CT molecular complexity index is 1630. The second-order valence-electron chi connectivity index (χ2n) is 9.90. The van der Waals surface area contributed by atoms with Crippen molar-refractivity contribution in [2.45, 2.75) is 19.4 Å². The minimum Gasteiger partial charge on any atom is -0.349 e. The lowest BCUT2D eigenvalue weighted by Gasteiger charge is -2.51. The number of H-pyrrole nitrogens is 1. The summed E-state index contributed by atoms with van der Waals surface area (Å²) in [7, 11) is 0. The topological polar surface area (TPSA) is 88.9 Å². The van der Waals surface area contributed by atoms with Gasteiger partial charge in [-0.25, -0.2) is 13.8 Å². The first kappa shape index (κ1) is 23.1. The summed E-state index contributed by atoms with van der Waals surface area (Å²) in [6.45, 7) is 6.06. The molecule has 1 N–H and O–H groups in total. The molecular formula is C28H24F2N6O. The van der Waals surface area contributed by atoms with Crippen LogP contribution in [0.3, 0.4) is 0 Å². The Kier molecular flexibility index (Phi) is 5.23. The Labute approximate surface area is 212 Å². The Morgan fingerprint density at radius 3 is 2.84 bits per heavy atom. The molecule has 2 aliphatic rings. The van der Waals surface area contributed by atoms with E-state index in [9.17, 15) is 14.4 Å². The number of alkyl halides is 1.